The Labute approximate surface area is 129 Å². The molecular weight excluding hydrogens is 298 g/mol. The van der Waals surface area contributed by atoms with Crippen LogP contribution >= 0.6 is 34.7 Å². The number of guanidine groups is 1. The van der Waals surface area contributed by atoms with Crippen LogP contribution in [0.15, 0.2) is 17.1 Å². The summed E-state index contributed by atoms with van der Waals surface area (Å²) in [5.41, 5.74) is 0. The Morgan fingerprint density at radius 1 is 1.32 bits per heavy atom. The number of hydrogen-bond donors (Lipinski definition) is 2. The van der Waals surface area contributed by atoms with E-state index in [9.17, 15) is 0 Å². The van der Waals surface area contributed by atoms with E-state index in [2.05, 4.69) is 27.9 Å². The minimum absolute atomic E-state index is 0.853. The minimum Gasteiger partial charge on any atom is -0.356 e. The van der Waals surface area contributed by atoms with Gasteiger partial charge in [-0.1, -0.05) is 11.6 Å². The summed E-state index contributed by atoms with van der Waals surface area (Å²) in [5.74, 6) is 2.11. The van der Waals surface area contributed by atoms with Crippen molar-refractivity contribution in [3.63, 3.8) is 0 Å². The topological polar surface area (TPSA) is 36.4 Å². The number of nitrogens with one attached hydrogen (secondary N) is 2. The minimum atomic E-state index is 0.853. The summed E-state index contributed by atoms with van der Waals surface area (Å²) in [4.78, 5) is 5.51. The van der Waals surface area contributed by atoms with E-state index in [0.717, 1.165) is 29.8 Å². The Morgan fingerprint density at radius 2 is 2.11 bits per heavy atom. The van der Waals surface area contributed by atoms with Crippen molar-refractivity contribution in [2.45, 2.75) is 19.3 Å². The molecule has 0 aliphatic heterocycles. The summed E-state index contributed by atoms with van der Waals surface area (Å²) in [6.45, 7) is 1.85. The first kappa shape index (κ1) is 16.7. The normalized spacial score (nSPS) is 11.6. The van der Waals surface area contributed by atoms with Gasteiger partial charge < -0.3 is 10.6 Å². The molecule has 0 radical (unpaired) electrons. The molecule has 0 bridgehead atoms. The van der Waals surface area contributed by atoms with Crippen LogP contribution in [0.25, 0.3) is 0 Å². The number of thioether (sulfide) groups is 1. The van der Waals surface area contributed by atoms with Crippen LogP contribution in [0, 0.1) is 0 Å². The van der Waals surface area contributed by atoms with Crippen molar-refractivity contribution in [3.8, 4) is 0 Å². The monoisotopic (exact) mass is 319 g/mol. The molecule has 0 spiro atoms. The zero-order valence-corrected chi connectivity index (χ0v) is 13.9. The molecule has 19 heavy (non-hydrogen) atoms. The second-order valence-corrected chi connectivity index (χ2v) is 6.87. The maximum absolute atomic E-state index is 5.90. The highest BCUT2D eigenvalue weighted by Crippen LogP contribution is 2.21. The molecule has 6 heteroatoms. The van der Waals surface area contributed by atoms with Crippen molar-refractivity contribution in [2.24, 2.45) is 4.99 Å². The Morgan fingerprint density at radius 3 is 2.74 bits per heavy atom. The predicted octanol–water partition coefficient (Wildman–Crippen LogP) is 3.25. The molecule has 0 atom stereocenters. The van der Waals surface area contributed by atoms with Crippen LogP contribution in [0.4, 0.5) is 0 Å². The van der Waals surface area contributed by atoms with Gasteiger partial charge in [0.05, 0.1) is 4.34 Å². The fourth-order valence-electron chi connectivity index (χ4n) is 1.59. The van der Waals surface area contributed by atoms with Gasteiger partial charge in [0, 0.05) is 25.0 Å². The van der Waals surface area contributed by atoms with Crippen LogP contribution in [0.1, 0.15) is 17.7 Å². The summed E-state index contributed by atoms with van der Waals surface area (Å²) in [7, 11) is 1.80. The third kappa shape index (κ3) is 7.70. The van der Waals surface area contributed by atoms with E-state index in [-0.39, 0.29) is 0 Å². The molecule has 0 saturated carbocycles. The number of thiophene rings is 1. The molecule has 0 fully saturated rings. The Kier molecular flexibility index (Phi) is 9.12. The van der Waals surface area contributed by atoms with Gasteiger partial charge in [0.25, 0.3) is 0 Å². The molecule has 0 aliphatic rings. The standard InChI is InChI=1S/C13H22ClN3S2/c1-15-13(16-8-3-4-10-18-2)17-9-7-11-5-6-12(14)19-11/h5-6H,3-4,7-10H2,1-2H3,(H2,15,16,17). The summed E-state index contributed by atoms with van der Waals surface area (Å²) in [5, 5.41) is 6.64. The Hall–Kier alpha value is -0.390. The molecule has 1 aromatic rings. The van der Waals surface area contributed by atoms with Gasteiger partial charge in [0.15, 0.2) is 5.96 Å². The second-order valence-electron chi connectivity index (χ2n) is 4.08. The van der Waals surface area contributed by atoms with Crippen molar-refractivity contribution in [3.05, 3.63) is 21.3 Å². The van der Waals surface area contributed by atoms with Crippen LogP contribution in [0.2, 0.25) is 4.34 Å². The average molecular weight is 320 g/mol. The van der Waals surface area contributed by atoms with E-state index in [1.807, 2.05) is 17.8 Å². The molecule has 0 aliphatic carbocycles. The molecule has 1 heterocycles. The largest absolute Gasteiger partial charge is 0.356 e. The number of nitrogens with zero attached hydrogens (tertiary/aromatic N) is 1. The average Bonchev–Trinajstić information content (AvgIpc) is 2.82. The fourth-order valence-corrected chi connectivity index (χ4v) is 3.17. The molecule has 0 saturated heterocycles. The van der Waals surface area contributed by atoms with Gasteiger partial charge in [-0.25, -0.2) is 0 Å². The molecule has 1 aromatic heterocycles. The Bertz CT molecular complexity index is 380. The highest BCUT2D eigenvalue weighted by atomic mass is 35.5. The van der Waals surface area contributed by atoms with Gasteiger partial charge in [-0.15, -0.1) is 11.3 Å². The van der Waals surface area contributed by atoms with Crippen LogP contribution in [0.3, 0.4) is 0 Å². The van der Waals surface area contributed by atoms with E-state index >= 15 is 0 Å². The van der Waals surface area contributed by atoms with Crippen molar-refractivity contribution >= 4 is 40.7 Å². The van der Waals surface area contributed by atoms with Crippen molar-refractivity contribution in [2.75, 3.05) is 32.1 Å². The van der Waals surface area contributed by atoms with Crippen molar-refractivity contribution < 1.29 is 0 Å². The lowest BCUT2D eigenvalue weighted by Gasteiger charge is -2.11. The first-order valence-electron chi connectivity index (χ1n) is 6.44. The first-order valence-corrected chi connectivity index (χ1v) is 9.02. The van der Waals surface area contributed by atoms with Crippen LogP contribution < -0.4 is 10.6 Å². The van der Waals surface area contributed by atoms with Crippen LogP contribution in [-0.4, -0.2) is 38.1 Å². The van der Waals surface area contributed by atoms with Gasteiger partial charge >= 0.3 is 0 Å². The number of rotatable bonds is 8. The van der Waals surface area contributed by atoms with Gasteiger partial charge in [0.1, 0.15) is 0 Å². The summed E-state index contributed by atoms with van der Waals surface area (Å²) >= 11 is 9.43. The molecule has 0 aromatic carbocycles. The van der Waals surface area contributed by atoms with Crippen molar-refractivity contribution in [1.82, 2.24) is 10.6 Å². The van der Waals surface area contributed by atoms with E-state index in [1.54, 1.807) is 18.4 Å². The SMILES string of the molecule is CN=C(NCCCCSC)NCCc1ccc(Cl)s1. The predicted molar refractivity (Wildman–Crippen MR) is 90.0 cm³/mol. The lowest BCUT2D eigenvalue weighted by Crippen LogP contribution is -2.38. The zero-order valence-electron chi connectivity index (χ0n) is 11.5. The van der Waals surface area contributed by atoms with Gasteiger partial charge in [-0.05, 0) is 43.4 Å². The van der Waals surface area contributed by atoms with E-state index in [0.29, 0.717) is 0 Å². The van der Waals surface area contributed by atoms with Gasteiger partial charge in [-0.2, -0.15) is 11.8 Å². The summed E-state index contributed by atoms with van der Waals surface area (Å²) in [6, 6.07) is 4.02. The van der Waals surface area contributed by atoms with E-state index in [1.165, 1.54) is 23.5 Å². The lowest BCUT2D eigenvalue weighted by molar-refractivity contribution is 0.731. The first-order chi connectivity index (χ1) is 9.26. The molecular formula is C13H22ClN3S2. The highest BCUT2D eigenvalue weighted by molar-refractivity contribution is 7.98. The molecule has 0 unspecified atom stereocenters. The maximum atomic E-state index is 5.90. The quantitative estimate of drug-likeness (QED) is 0.439. The van der Waals surface area contributed by atoms with Gasteiger partial charge in [0.2, 0.25) is 0 Å². The number of halogens is 1. The summed E-state index contributed by atoms with van der Waals surface area (Å²) in [6.07, 6.45) is 5.55. The molecule has 2 N–H and O–H groups in total. The lowest BCUT2D eigenvalue weighted by atomic mass is 10.3. The second kappa shape index (κ2) is 10.4. The molecule has 0 amide bonds. The highest BCUT2D eigenvalue weighted by Gasteiger charge is 2.00. The third-order valence-electron chi connectivity index (χ3n) is 2.58. The molecule has 3 nitrogen and oxygen atoms in total. The van der Waals surface area contributed by atoms with Crippen molar-refractivity contribution in [1.29, 1.82) is 0 Å². The smallest absolute Gasteiger partial charge is 0.190 e. The zero-order chi connectivity index (χ0) is 13.9. The molecule has 1 rings (SSSR count). The van der Waals surface area contributed by atoms with Crippen LogP contribution in [0.5, 0.6) is 0 Å². The van der Waals surface area contributed by atoms with E-state index < -0.39 is 0 Å². The maximum Gasteiger partial charge on any atom is 0.190 e. The van der Waals surface area contributed by atoms with Crippen LogP contribution in [-0.2, 0) is 6.42 Å². The number of aliphatic imine (C=N–C) groups is 1. The van der Waals surface area contributed by atoms with E-state index in [4.69, 9.17) is 11.6 Å². The number of unbranched alkanes of at least 4 members (excludes halogenated alkanes) is 1. The van der Waals surface area contributed by atoms with Gasteiger partial charge in [-0.3, -0.25) is 4.99 Å². The third-order valence-corrected chi connectivity index (χ3v) is 4.57. The summed E-state index contributed by atoms with van der Waals surface area (Å²) < 4.78 is 0.853. The molecule has 108 valence electrons. The Balaban J connectivity index is 2.11. The fraction of sp³-hybridized carbons (Fsp3) is 0.615. The number of hydrogen-bond acceptors (Lipinski definition) is 3.